The van der Waals surface area contributed by atoms with Crippen LogP contribution in [0.15, 0.2) is 34.4 Å². The summed E-state index contributed by atoms with van der Waals surface area (Å²) in [4.78, 5) is 19.9. The van der Waals surface area contributed by atoms with Crippen molar-refractivity contribution in [1.29, 1.82) is 5.26 Å². The summed E-state index contributed by atoms with van der Waals surface area (Å²) in [6.07, 6.45) is 3.72. The van der Waals surface area contributed by atoms with Crippen molar-refractivity contribution in [3.8, 4) is 11.8 Å². The van der Waals surface area contributed by atoms with Gasteiger partial charge in [-0.2, -0.15) is 5.26 Å². The van der Waals surface area contributed by atoms with E-state index in [1.165, 1.54) is 6.20 Å². The van der Waals surface area contributed by atoms with Crippen molar-refractivity contribution in [3.05, 3.63) is 40.1 Å². The average Bonchev–Trinajstić information content (AvgIpc) is 3.08. The van der Waals surface area contributed by atoms with E-state index in [1.54, 1.807) is 25.1 Å². The first-order chi connectivity index (χ1) is 13.8. The van der Waals surface area contributed by atoms with Gasteiger partial charge in [-0.15, -0.1) is 0 Å². The Labute approximate surface area is 180 Å². The molecular formula is C22H27BrN4O2. The van der Waals surface area contributed by atoms with Crippen LogP contribution in [0.4, 0.5) is 0 Å². The zero-order valence-corrected chi connectivity index (χ0v) is 18.9. The highest BCUT2D eigenvalue weighted by Gasteiger charge is 2.23. The molecule has 1 N–H and O–H groups in total. The minimum atomic E-state index is -0.322. The number of H-pyrrole nitrogens is 1. The number of carbonyl (C=O) groups is 1. The molecule has 7 heteroatoms. The number of allylic oxidation sites excluding steroid dienone is 1. The third kappa shape index (κ3) is 5.01. The van der Waals surface area contributed by atoms with E-state index in [-0.39, 0.29) is 17.5 Å². The van der Waals surface area contributed by atoms with Crippen molar-refractivity contribution in [2.24, 2.45) is 0 Å². The molecule has 1 aromatic carbocycles. The van der Waals surface area contributed by atoms with Gasteiger partial charge in [0.2, 0.25) is 5.78 Å². The zero-order valence-electron chi connectivity index (χ0n) is 17.3. The Morgan fingerprint density at radius 2 is 2.03 bits per heavy atom. The molecule has 154 valence electrons. The number of aromatic amines is 1. The second kappa shape index (κ2) is 9.02. The van der Waals surface area contributed by atoms with Crippen LogP contribution < -0.4 is 4.74 Å². The number of nitriles is 1. The van der Waals surface area contributed by atoms with Gasteiger partial charge in [-0.25, -0.2) is 0 Å². The summed E-state index contributed by atoms with van der Waals surface area (Å²) in [6.45, 7) is 6.53. The molecule has 1 aliphatic heterocycles. The molecule has 0 aliphatic carbocycles. The summed E-state index contributed by atoms with van der Waals surface area (Å²) in [5.41, 5.74) is 1.31. The maximum absolute atomic E-state index is 12.7. The topological polar surface area (TPSA) is 72.4 Å². The van der Waals surface area contributed by atoms with Crippen LogP contribution in [0.1, 0.15) is 37.2 Å². The fourth-order valence-electron chi connectivity index (χ4n) is 3.58. The van der Waals surface area contributed by atoms with Crippen LogP contribution in [0.3, 0.4) is 0 Å². The summed E-state index contributed by atoms with van der Waals surface area (Å²) < 4.78 is 7.12. The number of hydrogen-bond acceptors (Lipinski definition) is 5. The summed E-state index contributed by atoms with van der Waals surface area (Å²) in [7, 11) is 3.56. The maximum Gasteiger partial charge on any atom is 0.221 e. The molecule has 0 bridgehead atoms. The number of fused-ring (bicyclic) bond motifs is 1. The lowest BCUT2D eigenvalue weighted by atomic mass is 10.1. The van der Waals surface area contributed by atoms with Crippen LogP contribution in [0.25, 0.3) is 10.9 Å². The van der Waals surface area contributed by atoms with Gasteiger partial charge in [-0.05, 0) is 60.8 Å². The van der Waals surface area contributed by atoms with E-state index in [0.717, 1.165) is 47.1 Å². The second-order valence-electron chi connectivity index (χ2n) is 7.95. The van der Waals surface area contributed by atoms with E-state index in [9.17, 15) is 10.1 Å². The van der Waals surface area contributed by atoms with Crippen molar-refractivity contribution < 1.29 is 9.53 Å². The second-order valence-corrected chi connectivity index (χ2v) is 8.80. The number of aromatic nitrogens is 1. The Kier molecular flexibility index (Phi) is 6.66. The Hall–Kier alpha value is -2.30. The first-order valence-electron chi connectivity index (χ1n) is 9.84. The van der Waals surface area contributed by atoms with Gasteiger partial charge < -0.3 is 19.5 Å². The van der Waals surface area contributed by atoms with Crippen molar-refractivity contribution in [1.82, 2.24) is 14.8 Å². The highest BCUT2D eigenvalue weighted by Crippen LogP contribution is 2.33. The molecule has 1 saturated heterocycles. The number of rotatable bonds is 6. The van der Waals surface area contributed by atoms with Crippen molar-refractivity contribution in [2.45, 2.75) is 38.8 Å². The molecule has 1 aromatic heterocycles. The average molecular weight is 459 g/mol. The molecule has 0 radical (unpaired) electrons. The molecule has 1 aliphatic rings. The van der Waals surface area contributed by atoms with Gasteiger partial charge in [0.25, 0.3) is 0 Å². The Balaban J connectivity index is 1.79. The highest BCUT2D eigenvalue weighted by atomic mass is 79.9. The molecule has 0 amide bonds. The van der Waals surface area contributed by atoms with Crippen LogP contribution in [-0.2, 0) is 0 Å². The fraction of sp³-hybridized carbons (Fsp3) is 0.455. The van der Waals surface area contributed by atoms with E-state index in [2.05, 4.69) is 39.7 Å². The summed E-state index contributed by atoms with van der Waals surface area (Å²) in [5, 5.41) is 10.2. The predicted molar refractivity (Wildman–Crippen MR) is 118 cm³/mol. The molecule has 1 fully saturated rings. The minimum absolute atomic E-state index is 0.0917. The smallest absolute Gasteiger partial charge is 0.221 e. The van der Waals surface area contributed by atoms with Crippen LogP contribution >= 0.6 is 15.9 Å². The van der Waals surface area contributed by atoms with Gasteiger partial charge in [0.05, 0.1) is 10.2 Å². The lowest BCUT2D eigenvalue weighted by Crippen LogP contribution is -2.41. The fourth-order valence-corrected chi connectivity index (χ4v) is 4.01. The van der Waals surface area contributed by atoms with Crippen molar-refractivity contribution >= 4 is 32.6 Å². The number of piperidine rings is 1. The first-order valence-corrected chi connectivity index (χ1v) is 10.6. The summed E-state index contributed by atoms with van der Waals surface area (Å²) >= 11 is 3.59. The minimum Gasteiger partial charge on any atom is -0.489 e. The van der Waals surface area contributed by atoms with E-state index in [1.807, 2.05) is 18.2 Å². The SMILES string of the molecule is CC(C)N1CCC(Oc2cc3cc(C(=O)/C(C#N)=C/N(C)C)[nH]c3cc2Br)CC1. The van der Waals surface area contributed by atoms with Crippen LogP contribution in [0.5, 0.6) is 5.75 Å². The third-order valence-corrected chi connectivity index (χ3v) is 5.79. The normalized spacial score (nSPS) is 16.2. The molecule has 2 heterocycles. The number of likely N-dealkylation sites (tertiary alicyclic amines) is 1. The molecule has 0 saturated carbocycles. The van der Waals surface area contributed by atoms with E-state index in [4.69, 9.17) is 4.74 Å². The van der Waals surface area contributed by atoms with Crippen LogP contribution in [-0.4, -0.2) is 59.9 Å². The van der Waals surface area contributed by atoms with Gasteiger partial charge in [0.15, 0.2) is 0 Å². The number of ether oxygens (including phenoxy) is 1. The van der Waals surface area contributed by atoms with Gasteiger partial charge in [-0.3, -0.25) is 4.79 Å². The first kappa shape index (κ1) is 21.4. The monoisotopic (exact) mass is 458 g/mol. The molecule has 6 nitrogen and oxygen atoms in total. The predicted octanol–water partition coefficient (Wildman–Crippen LogP) is 4.33. The quantitative estimate of drug-likeness (QED) is 0.396. The number of nitrogens with zero attached hydrogens (tertiary/aromatic N) is 3. The van der Waals surface area contributed by atoms with E-state index in [0.29, 0.717) is 11.7 Å². The lowest BCUT2D eigenvalue weighted by molar-refractivity contribution is 0.0839. The number of nitrogens with one attached hydrogen (secondary N) is 1. The molecule has 29 heavy (non-hydrogen) atoms. The molecule has 0 atom stereocenters. The number of halogens is 1. The highest BCUT2D eigenvalue weighted by molar-refractivity contribution is 9.10. The zero-order chi connectivity index (χ0) is 21.1. The third-order valence-electron chi connectivity index (χ3n) is 5.17. The molecule has 0 spiro atoms. The maximum atomic E-state index is 12.7. The van der Waals surface area contributed by atoms with Crippen molar-refractivity contribution in [2.75, 3.05) is 27.2 Å². The number of benzene rings is 1. The van der Waals surface area contributed by atoms with Gasteiger partial charge in [-0.1, -0.05) is 0 Å². The van der Waals surface area contributed by atoms with Crippen molar-refractivity contribution in [3.63, 3.8) is 0 Å². The van der Waals surface area contributed by atoms with Crippen LogP contribution in [0.2, 0.25) is 0 Å². The summed E-state index contributed by atoms with van der Waals surface area (Å²) in [5.74, 6) is 0.458. The van der Waals surface area contributed by atoms with E-state index >= 15 is 0 Å². The summed E-state index contributed by atoms with van der Waals surface area (Å²) in [6, 6.07) is 8.19. The standard InChI is InChI=1S/C22H27BrN4O2/c1-14(2)27-7-5-17(6-8-27)29-21-10-15-9-20(25-19(15)11-18(21)23)22(28)16(12-24)13-26(3)4/h9-11,13-14,17,25H,5-8H2,1-4H3/b16-13+. The molecule has 3 rings (SSSR count). The lowest BCUT2D eigenvalue weighted by Gasteiger charge is -2.34. The van der Waals surface area contributed by atoms with E-state index < -0.39 is 0 Å². The molecule has 2 aromatic rings. The number of ketones is 1. The number of Topliss-reactive ketones (excluding diaryl/α,β-unsaturated/α-hetero) is 1. The number of carbonyl (C=O) groups excluding carboxylic acids is 1. The van der Waals surface area contributed by atoms with Gasteiger partial charge >= 0.3 is 0 Å². The number of hydrogen-bond donors (Lipinski definition) is 1. The molecular weight excluding hydrogens is 432 g/mol. The van der Waals surface area contributed by atoms with Gasteiger partial charge in [0, 0.05) is 50.3 Å². The Morgan fingerprint density at radius 1 is 1.34 bits per heavy atom. The Morgan fingerprint density at radius 3 is 2.62 bits per heavy atom. The van der Waals surface area contributed by atoms with Crippen LogP contribution in [0, 0.1) is 11.3 Å². The largest absolute Gasteiger partial charge is 0.489 e. The Bertz CT molecular complexity index is 963. The molecule has 0 unspecified atom stereocenters. The van der Waals surface area contributed by atoms with Gasteiger partial charge in [0.1, 0.15) is 23.5 Å².